The van der Waals surface area contributed by atoms with Crippen LogP contribution in [-0.4, -0.2) is 18.2 Å². The van der Waals surface area contributed by atoms with Crippen molar-refractivity contribution < 1.29 is 14.3 Å². The molecule has 2 N–H and O–H groups in total. The maximum Gasteiger partial charge on any atom is 0.349 e. The molecule has 4 heteroatoms. The lowest BCUT2D eigenvalue weighted by Crippen LogP contribution is -2.40. The maximum atomic E-state index is 11.7. The maximum absolute atomic E-state index is 11.7. The normalized spacial score (nSPS) is 11.1. The average molecular weight is 237 g/mol. The van der Waals surface area contributed by atoms with Gasteiger partial charge in [-0.1, -0.05) is 18.2 Å². The van der Waals surface area contributed by atoms with Gasteiger partial charge in [0.2, 0.25) is 0 Å². The molecule has 1 aromatic carbocycles. The van der Waals surface area contributed by atoms with E-state index in [1.165, 1.54) is 0 Å². The van der Waals surface area contributed by atoms with Crippen molar-refractivity contribution in [3.05, 3.63) is 29.8 Å². The average Bonchev–Trinajstić information content (AvgIpc) is 2.29. The molecule has 94 valence electrons. The molecule has 17 heavy (non-hydrogen) atoms. The van der Waals surface area contributed by atoms with Crippen LogP contribution in [0.25, 0.3) is 0 Å². The monoisotopic (exact) mass is 237 g/mol. The summed E-state index contributed by atoms with van der Waals surface area (Å²) in [6, 6.07) is 7.39. The first-order chi connectivity index (χ1) is 8.01. The van der Waals surface area contributed by atoms with Gasteiger partial charge in [0.15, 0.2) is 5.60 Å². The first-order valence-electron chi connectivity index (χ1n) is 5.65. The van der Waals surface area contributed by atoms with E-state index in [0.29, 0.717) is 18.9 Å². The fourth-order valence-corrected chi connectivity index (χ4v) is 1.39. The van der Waals surface area contributed by atoms with Crippen molar-refractivity contribution in [2.24, 2.45) is 5.73 Å². The van der Waals surface area contributed by atoms with Crippen LogP contribution in [0, 0.1) is 0 Å². The van der Waals surface area contributed by atoms with Crippen LogP contribution in [0.1, 0.15) is 26.3 Å². The van der Waals surface area contributed by atoms with Crippen LogP contribution >= 0.6 is 0 Å². The van der Waals surface area contributed by atoms with E-state index in [4.69, 9.17) is 15.2 Å². The summed E-state index contributed by atoms with van der Waals surface area (Å²) >= 11 is 0. The number of esters is 1. The van der Waals surface area contributed by atoms with E-state index in [1.54, 1.807) is 26.8 Å². The predicted molar refractivity (Wildman–Crippen MR) is 65.7 cm³/mol. The molecule has 0 spiro atoms. The highest BCUT2D eigenvalue weighted by atomic mass is 16.6. The van der Waals surface area contributed by atoms with Gasteiger partial charge in [-0.05, 0) is 26.8 Å². The van der Waals surface area contributed by atoms with Crippen molar-refractivity contribution in [1.29, 1.82) is 0 Å². The van der Waals surface area contributed by atoms with E-state index in [9.17, 15) is 4.79 Å². The minimum atomic E-state index is -1.01. The lowest BCUT2D eigenvalue weighted by molar-refractivity contribution is -0.158. The number of carbonyl (C=O) groups excluding carboxylic acids is 1. The Balaban J connectivity index is 2.85. The van der Waals surface area contributed by atoms with Gasteiger partial charge >= 0.3 is 5.97 Å². The van der Waals surface area contributed by atoms with Crippen LogP contribution in [0.15, 0.2) is 24.3 Å². The minimum absolute atomic E-state index is 0.337. The molecule has 0 unspecified atom stereocenters. The molecule has 0 aliphatic carbocycles. The second-order valence-corrected chi connectivity index (χ2v) is 4.14. The van der Waals surface area contributed by atoms with E-state index >= 15 is 0 Å². The van der Waals surface area contributed by atoms with Gasteiger partial charge in [-0.3, -0.25) is 0 Å². The first kappa shape index (κ1) is 13.5. The van der Waals surface area contributed by atoms with E-state index in [0.717, 1.165) is 5.56 Å². The van der Waals surface area contributed by atoms with Gasteiger partial charge in [0.05, 0.1) is 6.61 Å². The standard InChI is InChI=1S/C13H19NO3/c1-4-16-12(15)13(2,3)17-11-8-6-5-7-10(11)9-14/h5-8H,4,9,14H2,1-3H3. The predicted octanol–water partition coefficient (Wildman–Crippen LogP) is 1.87. The molecule has 0 aromatic heterocycles. The van der Waals surface area contributed by atoms with Gasteiger partial charge in [-0.25, -0.2) is 4.79 Å². The third-order valence-corrected chi connectivity index (χ3v) is 2.32. The third kappa shape index (κ3) is 3.46. The van der Waals surface area contributed by atoms with Crippen LogP contribution in [0.3, 0.4) is 0 Å². The van der Waals surface area contributed by atoms with Gasteiger partial charge in [0.25, 0.3) is 0 Å². The number of benzene rings is 1. The number of para-hydroxylation sites is 1. The Morgan fingerprint density at radius 3 is 2.59 bits per heavy atom. The molecule has 0 fully saturated rings. The largest absolute Gasteiger partial charge is 0.476 e. The quantitative estimate of drug-likeness (QED) is 0.794. The van der Waals surface area contributed by atoms with Crippen molar-refractivity contribution in [2.75, 3.05) is 6.61 Å². The van der Waals surface area contributed by atoms with Gasteiger partial charge in [-0.15, -0.1) is 0 Å². The Morgan fingerprint density at radius 2 is 2.00 bits per heavy atom. The molecule has 0 saturated heterocycles. The van der Waals surface area contributed by atoms with Gasteiger partial charge in [0.1, 0.15) is 5.75 Å². The van der Waals surface area contributed by atoms with Crippen molar-refractivity contribution >= 4 is 5.97 Å². The fourth-order valence-electron chi connectivity index (χ4n) is 1.39. The Kier molecular flexibility index (Phi) is 4.52. The van der Waals surface area contributed by atoms with E-state index in [1.807, 2.05) is 18.2 Å². The van der Waals surface area contributed by atoms with Crippen LogP contribution in [0.5, 0.6) is 5.75 Å². The molecule has 1 rings (SSSR count). The number of hydrogen-bond donors (Lipinski definition) is 1. The number of nitrogens with two attached hydrogens (primary N) is 1. The Labute approximate surface area is 102 Å². The molecule has 0 heterocycles. The highest BCUT2D eigenvalue weighted by molar-refractivity contribution is 5.79. The number of carbonyl (C=O) groups is 1. The van der Waals surface area contributed by atoms with E-state index in [-0.39, 0.29) is 5.97 Å². The second-order valence-electron chi connectivity index (χ2n) is 4.14. The topological polar surface area (TPSA) is 61.5 Å². The van der Waals surface area contributed by atoms with Gasteiger partial charge in [0, 0.05) is 12.1 Å². The summed E-state index contributed by atoms with van der Waals surface area (Å²) in [5.41, 5.74) is 5.46. The fraction of sp³-hybridized carbons (Fsp3) is 0.462. The summed E-state index contributed by atoms with van der Waals surface area (Å²) < 4.78 is 10.6. The number of rotatable bonds is 5. The van der Waals surface area contributed by atoms with Crippen LogP contribution in [0.4, 0.5) is 0 Å². The van der Waals surface area contributed by atoms with Gasteiger partial charge in [-0.2, -0.15) is 0 Å². The summed E-state index contributed by atoms with van der Waals surface area (Å²) in [7, 11) is 0. The smallest absolute Gasteiger partial charge is 0.349 e. The highest BCUT2D eigenvalue weighted by Crippen LogP contribution is 2.23. The molecule has 0 amide bonds. The van der Waals surface area contributed by atoms with Crippen LogP contribution < -0.4 is 10.5 Å². The summed E-state index contributed by atoms with van der Waals surface area (Å²) in [5.74, 6) is 0.236. The molecule has 0 atom stereocenters. The molecule has 0 aliphatic rings. The summed E-state index contributed by atoms with van der Waals surface area (Å²) in [6.45, 7) is 5.83. The molecule has 1 aromatic rings. The summed E-state index contributed by atoms with van der Waals surface area (Å²) in [6.07, 6.45) is 0. The number of ether oxygens (including phenoxy) is 2. The van der Waals surface area contributed by atoms with E-state index in [2.05, 4.69) is 0 Å². The lowest BCUT2D eigenvalue weighted by Gasteiger charge is -2.25. The summed E-state index contributed by atoms with van der Waals surface area (Å²) in [5, 5.41) is 0. The van der Waals surface area contributed by atoms with Crippen molar-refractivity contribution in [1.82, 2.24) is 0 Å². The Morgan fingerprint density at radius 1 is 1.35 bits per heavy atom. The van der Waals surface area contributed by atoms with E-state index < -0.39 is 5.60 Å². The zero-order chi connectivity index (χ0) is 12.9. The molecule has 0 radical (unpaired) electrons. The molecule has 0 saturated carbocycles. The lowest BCUT2D eigenvalue weighted by atomic mass is 10.1. The molecule has 0 aliphatic heterocycles. The molecular weight excluding hydrogens is 218 g/mol. The summed E-state index contributed by atoms with van der Waals surface area (Å²) in [4.78, 5) is 11.7. The second kappa shape index (κ2) is 5.68. The SMILES string of the molecule is CCOC(=O)C(C)(C)Oc1ccccc1CN. The molecular formula is C13H19NO3. The Hall–Kier alpha value is -1.55. The van der Waals surface area contributed by atoms with Crippen molar-refractivity contribution in [3.63, 3.8) is 0 Å². The Bertz CT molecular complexity index is 388. The van der Waals surface area contributed by atoms with Crippen LogP contribution in [-0.2, 0) is 16.1 Å². The zero-order valence-corrected chi connectivity index (χ0v) is 10.5. The molecule has 0 bridgehead atoms. The van der Waals surface area contributed by atoms with Gasteiger partial charge < -0.3 is 15.2 Å². The highest BCUT2D eigenvalue weighted by Gasteiger charge is 2.32. The molecule has 4 nitrogen and oxygen atoms in total. The van der Waals surface area contributed by atoms with Crippen molar-refractivity contribution in [3.8, 4) is 5.75 Å². The minimum Gasteiger partial charge on any atom is -0.476 e. The third-order valence-electron chi connectivity index (χ3n) is 2.32. The number of hydrogen-bond acceptors (Lipinski definition) is 4. The van der Waals surface area contributed by atoms with Crippen molar-refractivity contribution in [2.45, 2.75) is 32.9 Å². The van der Waals surface area contributed by atoms with Crippen LogP contribution in [0.2, 0.25) is 0 Å². The first-order valence-corrected chi connectivity index (χ1v) is 5.65. The zero-order valence-electron chi connectivity index (χ0n) is 10.5.